The smallest absolute Gasteiger partial charge is 0.317 e. The van der Waals surface area contributed by atoms with Crippen molar-refractivity contribution >= 4 is 5.97 Å². The van der Waals surface area contributed by atoms with Crippen LogP contribution in [0, 0.1) is 0 Å². The predicted octanol–water partition coefficient (Wildman–Crippen LogP) is 2.16. The van der Waals surface area contributed by atoms with Crippen molar-refractivity contribution in [3.63, 3.8) is 0 Å². The van der Waals surface area contributed by atoms with Crippen LogP contribution in [0.3, 0.4) is 0 Å². The van der Waals surface area contributed by atoms with Crippen molar-refractivity contribution in [3.8, 4) is 5.75 Å². The molecule has 4 nitrogen and oxygen atoms in total. The summed E-state index contributed by atoms with van der Waals surface area (Å²) in [6, 6.07) is 16.1. The normalized spacial score (nSPS) is 12.0. The van der Waals surface area contributed by atoms with E-state index < -0.39 is 5.97 Å². The van der Waals surface area contributed by atoms with Crippen LogP contribution < -0.4 is 5.32 Å². The van der Waals surface area contributed by atoms with Crippen LogP contribution in [0.25, 0.3) is 0 Å². The van der Waals surface area contributed by atoms with E-state index in [4.69, 9.17) is 5.11 Å². The minimum Gasteiger partial charge on any atom is -0.508 e. The number of phenols is 1. The number of carboxylic acid groups (broad SMARTS) is 1. The van der Waals surface area contributed by atoms with Crippen LogP contribution in [-0.2, 0) is 4.79 Å². The Bertz CT molecular complexity index is 537. The lowest BCUT2D eigenvalue weighted by Crippen LogP contribution is -2.28. The quantitative estimate of drug-likeness (QED) is 0.767. The molecule has 3 N–H and O–H groups in total. The second kappa shape index (κ2) is 6.02. The molecule has 0 saturated heterocycles. The molecule has 0 aliphatic rings. The number of rotatable bonds is 5. The number of hydrogen-bond acceptors (Lipinski definition) is 3. The fourth-order valence-electron chi connectivity index (χ4n) is 1.93. The Morgan fingerprint density at radius 3 is 2.16 bits per heavy atom. The highest BCUT2D eigenvalue weighted by Gasteiger charge is 2.14. The number of aliphatic carboxylic acids is 1. The summed E-state index contributed by atoms with van der Waals surface area (Å²) in [6.07, 6.45) is 0. The van der Waals surface area contributed by atoms with Crippen molar-refractivity contribution in [1.29, 1.82) is 0 Å². The van der Waals surface area contributed by atoms with Crippen molar-refractivity contribution in [3.05, 3.63) is 65.7 Å². The number of carboxylic acids is 1. The first-order chi connectivity index (χ1) is 9.16. The van der Waals surface area contributed by atoms with Crippen LogP contribution >= 0.6 is 0 Å². The minimum atomic E-state index is -0.903. The number of benzene rings is 2. The molecule has 0 radical (unpaired) electrons. The fourth-order valence-corrected chi connectivity index (χ4v) is 1.93. The van der Waals surface area contributed by atoms with Gasteiger partial charge in [-0.3, -0.25) is 10.1 Å². The van der Waals surface area contributed by atoms with Crippen LogP contribution in [-0.4, -0.2) is 22.7 Å². The number of phenolic OH excluding ortho intramolecular Hbond substituents is 1. The summed E-state index contributed by atoms with van der Waals surface area (Å²) in [7, 11) is 0. The molecule has 2 rings (SSSR count). The maximum Gasteiger partial charge on any atom is 0.317 e. The van der Waals surface area contributed by atoms with Crippen molar-refractivity contribution in [1.82, 2.24) is 5.32 Å². The SMILES string of the molecule is O=C(O)CNC(c1ccccc1)c1ccc(O)cc1. The summed E-state index contributed by atoms with van der Waals surface area (Å²) in [6.45, 7) is -0.125. The maximum atomic E-state index is 10.7. The van der Waals surface area contributed by atoms with Gasteiger partial charge in [0, 0.05) is 0 Å². The van der Waals surface area contributed by atoms with Gasteiger partial charge in [0.15, 0.2) is 0 Å². The molecule has 0 saturated carbocycles. The number of carbonyl (C=O) groups is 1. The summed E-state index contributed by atoms with van der Waals surface area (Å²) in [5, 5.41) is 21.1. The highest BCUT2D eigenvalue weighted by Crippen LogP contribution is 2.23. The van der Waals surface area contributed by atoms with E-state index in [2.05, 4.69) is 5.32 Å². The van der Waals surface area contributed by atoms with Gasteiger partial charge in [-0.05, 0) is 23.3 Å². The van der Waals surface area contributed by atoms with Crippen molar-refractivity contribution in [2.24, 2.45) is 0 Å². The molecule has 0 amide bonds. The lowest BCUT2D eigenvalue weighted by atomic mass is 9.98. The van der Waals surface area contributed by atoms with E-state index in [1.165, 1.54) is 0 Å². The number of nitrogens with one attached hydrogen (secondary N) is 1. The van der Waals surface area contributed by atoms with Gasteiger partial charge in [-0.15, -0.1) is 0 Å². The van der Waals surface area contributed by atoms with Gasteiger partial charge in [0.1, 0.15) is 5.75 Å². The number of aromatic hydroxyl groups is 1. The average Bonchev–Trinajstić information content (AvgIpc) is 2.42. The summed E-state index contributed by atoms with van der Waals surface area (Å²) < 4.78 is 0. The van der Waals surface area contributed by atoms with Crippen molar-refractivity contribution in [2.75, 3.05) is 6.54 Å². The van der Waals surface area contributed by atoms with Gasteiger partial charge in [-0.1, -0.05) is 42.5 Å². The molecule has 2 aromatic carbocycles. The third-order valence-corrected chi connectivity index (χ3v) is 2.82. The standard InChI is InChI=1S/C15H15NO3/c17-13-8-6-12(7-9-13)15(16-10-14(18)19)11-4-2-1-3-5-11/h1-9,15-17H,10H2,(H,18,19). The Labute approximate surface area is 111 Å². The Morgan fingerprint density at radius 1 is 1.00 bits per heavy atom. The van der Waals surface area contributed by atoms with Gasteiger partial charge in [0.25, 0.3) is 0 Å². The van der Waals surface area contributed by atoms with Gasteiger partial charge in [0.2, 0.25) is 0 Å². The Morgan fingerprint density at radius 2 is 1.58 bits per heavy atom. The highest BCUT2D eigenvalue weighted by atomic mass is 16.4. The molecule has 0 fully saturated rings. The van der Waals surface area contributed by atoms with Crippen molar-refractivity contribution in [2.45, 2.75) is 6.04 Å². The number of hydrogen-bond donors (Lipinski definition) is 3. The zero-order valence-corrected chi connectivity index (χ0v) is 10.3. The van der Waals surface area contributed by atoms with Crippen LogP contribution in [0.4, 0.5) is 0 Å². The Kier molecular flexibility index (Phi) is 4.15. The molecule has 0 aromatic heterocycles. The fraction of sp³-hybridized carbons (Fsp3) is 0.133. The minimum absolute atomic E-state index is 0.125. The molecule has 4 heteroatoms. The van der Waals surface area contributed by atoms with E-state index in [-0.39, 0.29) is 18.3 Å². The lowest BCUT2D eigenvalue weighted by Gasteiger charge is -2.18. The predicted molar refractivity (Wildman–Crippen MR) is 72.0 cm³/mol. The van der Waals surface area contributed by atoms with Gasteiger partial charge >= 0.3 is 5.97 Å². The molecule has 2 aromatic rings. The van der Waals surface area contributed by atoms with E-state index in [9.17, 15) is 9.90 Å². The topological polar surface area (TPSA) is 69.6 Å². The summed E-state index contributed by atoms with van der Waals surface area (Å²) in [5.74, 6) is -0.714. The molecule has 0 aliphatic heterocycles. The largest absolute Gasteiger partial charge is 0.508 e. The first-order valence-electron chi connectivity index (χ1n) is 5.96. The van der Waals surface area contributed by atoms with Crippen LogP contribution in [0.5, 0.6) is 5.75 Å². The zero-order valence-electron chi connectivity index (χ0n) is 10.3. The highest BCUT2D eigenvalue weighted by molar-refractivity contribution is 5.69. The third-order valence-electron chi connectivity index (χ3n) is 2.82. The van der Waals surface area contributed by atoms with Crippen LogP contribution in [0.15, 0.2) is 54.6 Å². The molecule has 0 spiro atoms. The van der Waals surface area contributed by atoms with E-state index in [1.54, 1.807) is 24.3 Å². The molecule has 0 heterocycles. The second-order valence-corrected chi connectivity index (χ2v) is 4.21. The first-order valence-corrected chi connectivity index (χ1v) is 5.96. The molecule has 19 heavy (non-hydrogen) atoms. The second-order valence-electron chi connectivity index (χ2n) is 4.21. The summed E-state index contributed by atoms with van der Waals surface area (Å²) >= 11 is 0. The van der Waals surface area contributed by atoms with Crippen LogP contribution in [0.1, 0.15) is 17.2 Å². The van der Waals surface area contributed by atoms with E-state index >= 15 is 0 Å². The summed E-state index contributed by atoms with van der Waals surface area (Å²) in [5.41, 5.74) is 1.89. The first kappa shape index (κ1) is 13.1. The molecular weight excluding hydrogens is 242 g/mol. The molecule has 1 atom stereocenters. The Hall–Kier alpha value is -2.33. The average molecular weight is 257 g/mol. The molecule has 98 valence electrons. The van der Waals surface area contributed by atoms with E-state index in [0.29, 0.717) is 0 Å². The Balaban J connectivity index is 2.28. The van der Waals surface area contributed by atoms with Gasteiger partial charge in [0.05, 0.1) is 12.6 Å². The van der Waals surface area contributed by atoms with E-state index in [1.807, 2.05) is 30.3 Å². The van der Waals surface area contributed by atoms with Crippen LogP contribution in [0.2, 0.25) is 0 Å². The van der Waals surface area contributed by atoms with E-state index in [0.717, 1.165) is 11.1 Å². The molecular formula is C15H15NO3. The zero-order chi connectivity index (χ0) is 13.7. The van der Waals surface area contributed by atoms with Gasteiger partial charge in [-0.2, -0.15) is 0 Å². The molecule has 0 aliphatic carbocycles. The molecule has 1 unspecified atom stereocenters. The lowest BCUT2D eigenvalue weighted by molar-refractivity contribution is -0.136. The maximum absolute atomic E-state index is 10.7. The van der Waals surface area contributed by atoms with Gasteiger partial charge in [-0.25, -0.2) is 0 Å². The monoisotopic (exact) mass is 257 g/mol. The van der Waals surface area contributed by atoms with Crippen molar-refractivity contribution < 1.29 is 15.0 Å². The van der Waals surface area contributed by atoms with Gasteiger partial charge < -0.3 is 10.2 Å². The third kappa shape index (κ3) is 3.56. The summed E-state index contributed by atoms with van der Waals surface area (Å²) in [4.78, 5) is 10.7. The molecule has 0 bridgehead atoms.